The van der Waals surface area contributed by atoms with Gasteiger partial charge in [0.2, 0.25) is 5.79 Å². The van der Waals surface area contributed by atoms with Gasteiger partial charge in [-0.05, 0) is 133 Å². The topological polar surface area (TPSA) is 216 Å². The number of hydrogen-bond acceptors (Lipinski definition) is 14. The van der Waals surface area contributed by atoms with Gasteiger partial charge in [0.05, 0.1) is 18.3 Å². The maximum Gasteiger partial charge on any atom is 0.387 e. The van der Waals surface area contributed by atoms with Gasteiger partial charge in [0.1, 0.15) is 30.1 Å². The van der Waals surface area contributed by atoms with Crippen molar-refractivity contribution >= 4 is 29.1 Å². The summed E-state index contributed by atoms with van der Waals surface area (Å²) in [5.74, 6) is -7.03. The van der Waals surface area contributed by atoms with Crippen molar-refractivity contribution in [3.63, 3.8) is 0 Å². The van der Waals surface area contributed by atoms with E-state index in [0.717, 1.165) is 12.0 Å². The molecule has 1 aromatic carbocycles. The molecule has 1 saturated carbocycles. The summed E-state index contributed by atoms with van der Waals surface area (Å²) >= 11 is 0. The molecule has 0 spiro atoms. The molecule has 73 heavy (non-hydrogen) atoms. The SMILES string of the molecule is COC1CC(C[C@@H](C)[C@@H]2CC[C@H](N)/C=C(\C)C(O)[C@@H](OC)C(=O)C(C)C[C@H](C)/C=C/C=C/C=C(\C)[C@H](Nc3cccc(OC(F)F)c3)CC3CCC(C)C(O)(O3)C(=O)C(=O)N3CCCCC3C(=O)O2)CC[C@H]1O. The summed E-state index contributed by atoms with van der Waals surface area (Å²) in [7, 11) is 2.97. The van der Waals surface area contributed by atoms with Crippen LogP contribution in [-0.2, 0) is 38.1 Å². The molecule has 408 valence electrons. The van der Waals surface area contributed by atoms with Crippen LogP contribution >= 0.6 is 0 Å². The van der Waals surface area contributed by atoms with E-state index in [-0.39, 0.29) is 54.8 Å². The first-order chi connectivity index (χ1) is 34.6. The number of aliphatic hydroxyl groups excluding tert-OH is 2. The molecule has 2 saturated heterocycles. The second kappa shape index (κ2) is 28.0. The first-order valence-corrected chi connectivity index (χ1v) is 26.3. The largest absolute Gasteiger partial charge is 0.461 e. The van der Waals surface area contributed by atoms with Crippen molar-refractivity contribution in [3.8, 4) is 5.75 Å². The van der Waals surface area contributed by atoms with Gasteiger partial charge in [-0.15, -0.1) is 0 Å². The molecular formula is C56H83F2N3O12. The van der Waals surface area contributed by atoms with Gasteiger partial charge >= 0.3 is 12.6 Å². The van der Waals surface area contributed by atoms with E-state index in [9.17, 15) is 43.3 Å². The van der Waals surface area contributed by atoms with Gasteiger partial charge in [-0.1, -0.05) is 75.8 Å². The number of fused-ring (bicyclic) bond motifs is 3. The van der Waals surface area contributed by atoms with E-state index < -0.39 is 90.5 Å². The fourth-order valence-electron chi connectivity index (χ4n) is 11.0. The van der Waals surface area contributed by atoms with Gasteiger partial charge in [-0.25, -0.2) is 4.79 Å². The number of Topliss-reactive ketones (excluding diaryl/α,β-unsaturated/α-hetero) is 2. The molecule has 3 heterocycles. The molecule has 0 radical (unpaired) electrons. The fourth-order valence-corrected chi connectivity index (χ4v) is 11.0. The number of nitrogens with two attached hydrogens (primary N) is 1. The number of carbonyl (C=O) groups is 4. The zero-order valence-corrected chi connectivity index (χ0v) is 44.1. The van der Waals surface area contributed by atoms with E-state index in [2.05, 4.69) is 10.1 Å². The Kier molecular flexibility index (Phi) is 22.8. The summed E-state index contributed by atoms with van der Waals surface area (Å²) in [5, 5.41) is 37.6. The minimum Gasteiger partial charge on any atom is -0.461 e. The van der Waals surface area contributed by atoms with Crippen molar-refractivity contribution in [2.45, 2.75) is 192 Å². The quantitative estimate of drug-likeness (QED) is 0.0908. The van der Waals surface area contributed by atoms with Gasteiger partial charge in [0.15, 0.2) is 5.78 Å². The van der Waals surface area contributed by atoms with E-state index in [1.807, 2.05) is 58.1 Å². The number of allylic oxidation sites excluding steroid dienone is 5. The van der Waals surface area contributed by atoms with Crippen molar-refractivity contribution in [3.05, 3.63) is 71.9 Å². The molecule has 4 aliphatic rings. The van der Waals surface area contributed by atoms with Gasteiger partial charge in [0, 0.05) is 56.4 Å². The molecule has 0 aromatic heterocycles. The number of methoxy groups -OCH3 is 2. The number of esters is 1. The number of hydrogen-bond donors (Lipinski definition) is 5. The highest BCUT2D eigenvalue weighted by Crippen LogP contribution is 2.38. The number of rotatable bonds is 9. The third-order valence-corrected chi connectivity index (χ3v) is 15.5. The standard InChI is InChI=1S/C56H83F2N3O12/c1-33-15-10-9-11-16-34(2)44(60-41-17-14-18-42(31-41)71-55(57)58)32-43-23-20-38(6)56(68,73-43)52(65)53(66)61-26-13-12-19-45(61)54(67)72-47(35(3)28-39-21-24-46(62)48(30-39)69-7)25-22-40(59)29-37(5)50(64)51(70-8)49(63)36(4)27-33/h9-11,14-18,29,31,33,35-36,38-40,43-48,50-51,55,60,62,64,68H,12-13,19-28,30,32,59H2,1-8H3/b11-9+,15-10+,34-16+,37-29+/t33-,35-,36?,38?,39?,40+,43?,44-,45?,46-,47+,48?,50?,51+,56?/m1/s1. The van der Waals surface area contributed by atoms with Gasteiger partial charge in [-0.2, -0.15) is 8.78 Å². The molecule has 1 aromatic rings. The number of halogens is 2. The molecule has 3 aliphatic heterocycles. The summed E-state index contributed by atoms with van der Waals surface area (Å²) in [6, 6.07) is 3.88. The van der Waals surface area contributed by atoms with Crippen LogP contribution in [0.2, 0.25) is 0 Å². The number of anilines is 1. The smallest absolute Gasteiger partial charge is 0.387 e. The number of cyclic esters (lactones) is 1. The minimum atomic E-state index is -3.03. The molecule has 2 bridgehead atoms. The van der Waals surface area contributed by atoms with Crippen LogP contribution in [-0.4, -0.2) is 132 Å². The predicted octanol–water partition coefficient (Wildman–Crippen LogP) is 7.76. The summed E-state index contributed by atoms with van der Waals surface area (Å²) in [6.07, 6.45) is 12.4. The van der Waals surface area contributed by atoms with Crippen LogP contribution in [0.3, 0.4) is 0 Å². The Morgan fingerprint density at radius 2 is 1.66 bits per heavy atom. The second-order valence-corrected chi connectivity index (χ2v) is 21.3. The Morgan fingerprint density at radius 3 is 2.37 bits per heavy atom. The third kappa shape index (κ3) is 16.6. The summed E-state index contributed by atoms with van der Waals surface area (Å²) in [4.78, 5) is 58.4. The Labute approximate surface area is 430 Å². The summed E-state index contributed by atoms with van der Waals surface area (Å²) in [6.45, 7) is 8.05. The fraction of sp³-hybridized carbons (Fsp3) is 0.679. The number of amides is 1. The van der Waals surface area contributed by atoms with Crippen molar-refractivity contribution in [2.24, 2.45) is 35.3 Å². The van der Waals surface area contributed by atoms with Crippen LogP contribution in [0, 0.1) is 29.6 Å². The number of benzene rings is 1. The first-order valence-electron chi connectivity index (χ1n) is 26.3. The lowest BCUT2D eigenvalue weighted by Crippen LogP contribution is -2.61. The number of piperidine rings is 1. The molecule has 5 rings (SSSR count). The predicted molar refractivity (Wildman–Crippen MR) is 273 cm³/mol. The van der Waals surface area contributed by atoms with Crippen LogP contribution < -0.4 is 15.8 Å². The first kappa shape index (κ1) is 59.5. The molecule has 6 N–H and O–H groups in total. The van der Waals surface area contributed by atoms with E-state index in [0.29, 0.717) is 75.5 Å². The van der Waals surface area contributed by atoms with Crippen LogP contribution in [0.25, 0.3) is 0 Å². The Morgan fingerprint density at radius 1 is 0.904 bits per heavy atom. The normalized spacial score (nSPS) is 37.2. The molecule has 17 heteroatoms. The molecule has 8 unspecified atom stereocenters. The van der Waals surface area contributed by atoms with Crippen LogP contribution in [0.15, 0.2) is 71.9 Å². The number of ether oxygens (including phenoxy) is 5. The Hall–Kier alpha value is -4.36. The van der Waals surface area contributed by atoms with Crippen molar-refractivity contribution in [1.29, 1.82) is 0 Å². The lowest BCUT2D eigenvalue weighted by molar-refractivity contribution is -0.263. The molecule has 3 fully saturated rings. The molecule has 1 amide bonds. The number of nitrogens with zero attached hydrogens (tertiary/aromatic N) is 1. The number of aliphatic hydroxyl groups is 3. The van der Waals surface area contributed by atoms with E-state index >= 15 is 0 Å². The molecular weight excluding hydrogens is 945 g/mol. The van der Waals surface area contributed by atoms with E-state index in [4.69, 9.17) is 24.7 Å². The zero-order chi connectivity index (χ0) is 53.6. The maximum atomic E-state index is 14.5. The highest BCUT2D eigenvalue weighted by Gasteiger charge is 2.53. The Bertz CT molecular complexity index is 2120. The summed E-state index contributed by atoms with van der Waals surface area (Å²) < 4.78 is 54.9. The van der Waals surface area contributed by atoms with Gasteiger partial charge in [0.25, 0.3) is 11.7 Å². The number of carbonyl (C=O) groups excluding carboxylic acids is 4. The lowest BCUT2D eigenvalue weighted by atomic mass is 9.78. The van der Waals surface area contributed by atoms with Crippen molar-refractivity contribution in [1.82, 2.24) is 4.90 Å². The van der Waals surface area contributed by atoms with Gasteiger partial charge in [-0.3, -0.25) is 14.4 Å². The molecule has 15 atom stereocenters. The molecule has 15 nitrogen and oxygen atoms in total. The van der Waals surface area contributed by atoms with Crippen LogP contribution in [0.4, 0.5) is 14.5 Å². The zero-order valence-electron chi connectivity index (χ0n) is 44.1. The van der Waals surface area contributed by atoms with Gasteiger partial charge < -0.3 is 55.0 Å². The van der Waals surface area contributed by atoms with Crippen molar-refractivity contribution in [2.75, 3.05) is 26.1 Å². The third-order valence-electron chi connectivity index (χ3n) is 15.5. The summed E-state index contributed by atoms with van der Waals surface area (Å²) in [5.41, 5.74) is 8.41. The average molecular weight is 1030 g/mol. The maximum absolute atomic E-state index is 14.5. The van der Waals surface area contributed by atoms with Crippen LogP contribution in [0.1, 0.15) is 125 Å². The highest BCUT2D eigenvalue weighted by atomic mass is 19.3. The van der Waals surface area contributed by atoms with Crippen molar-refractivity contribution < 1.29 is 67.0 Å². The van der Waals surface area contributed by atoms with E-state index in [1.165, 1.54) is 24.1 Å². The molecule has 1 aliphatic carbocycles. The Balaban J connectivity index is 1.49. The monoisotopic (exact) mass is 1030 g/mol. The lowest BCUT2D eigenvalue weighted by Gasteiger charge is -2.43. The minimum absolute atomic E-state index is 0.0305. The number of alkyl halides is 2. The average Bonchev–Trinajstić information content (AvgIpc) is 3.35. The highest BCUT2D eigenvalue weighted by molar-refractivity contribution is 6.39. The van der Waals surface area contributed by atoms with E-state index in [1.54, 1.807) is 39.2 Å². The van der Waals surface area contributed by atoms with Crippen LogP contribution in [0.5, 0.6) is 5.75 Å². The second-order valence-electron chi connectivity index (χ2n) is 21.3. The number of ketones is 2. The number of nitrogens with one attached hydrogen (secondary N) is 1.